The Morgan fingerprint density at radius 3 is 2.80 bits per heavy atom. The summed E-state index contributed by atoms with van der Waals surface area (Å²) in [6.07, 6.45) is 6.01. The smallest absolute Gasteiger partial charge is 0.157 e. The van der Waals surface area contributed by atoms with E-state index >= 15 is 0 Å². The highest BCUT2D eigenvalue weighted by molar-refractivity contribution is 5.90. The largest absolute Gasteiger partial charge is 0.332 e. The van der Waals surface area contributed by atoms with E-state index in [1.54, 1.807) is 0 Å². The van der Waals surface area contributed by atoms with E-state index in [1.807, 2.05) is 24.4 Å². The molecule has 1 aliphatic heterocycles. The Balaban J connectivity index is 1.62. The molecular weight excluding hydrogens is 368 g/mol. The second kappa shape index (κ2) is 6.70. The van der Waals surface area contributed by atoms with Gasteiger partial charge in [-0.25, -0.2) is 4.98 Å². The number of benzene rings is 2. The summed E-state index contributed by atoms with van der Waals surface area (Å²) in [5.74, 6) is 1.04. The van der Waals surface area contributed by atoms with Gasteiger partial charge in [-0.1, -0.05) is 36.9 Å². The van der Waals surface area contributed by atoms with Gasteiger partial charge >= 0.3 is 0 Å². The molecule has 0 aliphatic carbocycles. The Hall–Kier alpha value is -3.66. The second-order valence-electron chi connectivity index (χ2n) is 7.94. The van der Waals surface area contributed by atoms with Crippen LogP contribution in [0.1, 0.15) is 23.2 Å². The molecule has 0 saturated heterocycles. The van der Waals surface area contributed by atoms with Crippen LogP contribution in [0.3, 0.4) is 0 Å². The Labute approximate surface area is 175 Å². The number of fused-ring (bicyclic) bond motifs is 1. The van der Waals surface area contributed by atoms with Gasteiger partial charge in [0.15, 0.2) is 5.82 Å². The number of aromatic nitrogens is 4. The van der Waals surface area contributed by atoms with Crippen LogP contribution in [-0.2, 0) is 19.5 Å². The van der Waals surface area contributed by atoms with Crippen molar-refractivity contribution in [1.82, 2.24) is 19.1 Å². The van der Waals surface area contributed by atoms with Crippen LogP contribution in [0.5, 0.6) is 0 Å². The summed E-state index contributed by atoms with van der Waals surface area (Å²) in [5.41, 5.74) is 8.25. The van der Waals surface area contributed by atoms with Gasteiger partial charge in [0.25, 0.3) is 0 Å². The zero-order chi connectivity index (χ0) is 20.1. The van der Waals surface area contributed by atoms with Crippen molar-refractivity contribution in [3.05, 3.63) is 90.3 Å². The maximum atomic E-state index is 5.13. The maximum absolute atomic E-state index is 5.13. The van der Waals surface area contributed by atoms with E-state index in [1.165, 1.54) is 22.0 Å². The topological polar surface area (TPSA) is 35.6 Å². The minimum Gasteiger partial charge on any atom is -0.332 e. The first-order chi connectivity index (χ1) is 14.8. The fourth-order valence-corrected chi connectivity index (χ4v) is 4.75. The molecule has 1 aliphatic rings. The average Bonchev–Trinajstić information content (AvgIpc) is 3.34. The van der Waals surface area contributed by atoms with Gasteiger partial charge in [-0.2, -0.15) is 0 Å². The molecule has 0 radical (unpaired) electrons. The third-order valence-corrected chi connectivity index (χ3v) is 6.09. The van der Waals surface area contributed by atoms with Crippen molar-refractivity contribution in [2.24, 2.45) is 0 Å². The normalized spacial score (nSPS) is 13.2. The van der Waals surface area contributed by atoms with Crippen LogP contribution in [0, 0.1) is 0 Å². The molecule has 0 fully saturated rings. The molecule has 6 rings (SSSR count). The Morgan fingerprint density at radius 2 is 1.93 bits per heavy atom. The van der Waals surface area contributed by atoms with Crippen molar-refractivity contribution < 1.29 is 0 Å². The van der Waals surface area contributed by atoms with Gasteiger partial charge in [0.2, 0.25) is 0 Å². The van der Waals surface area contributed by atoms with E-state index in [4.69, 9.17) is 4.98 Å². The number of imidazole rings is 1. The zero-order valence-corrected chi connectivity index (χ0v) is 16.8. The molecule has 3 aromatic heterocycles. The maximum Gasteiger partial charge on any atom is 0.157 e. The summed E-state index contributed by atoms with van der Waals surface area (Å²) in [6, 6.07) is 21.3. The van der Waals surface area contributed by atoms with E-state index in [2.05, 4.69) is 69.2 Å². The first-order valence-corrected chi connectivity index (χ1v) is 10.5. The molecule has 4 nitrogen and oxygen atoms in total. The SMILES string of the molecule is C=Cc1cc2c3c(c1)nc(-c1cc4ccccc4n1Cc1ccccn1)n3CCC2. The van der Waals surface area contributed by atoms with Crippen LogP contribution in [0.25, 0.3) is 39.5 Å². The lowest BCUT2D eigenvalue weighted by atomic mass is 10.0. The molecule has 0 N–H and O–H groups in total. The highest BCUT2D eigenvalue weighted by Crippen LogP contribution is 2.35. The molecule has 0 bridgehead atoms. The lowest BCUT2D eigenvalue weighted by Crippen LogP contribution is -2.11. The molecule has 4 heteroatoms. The summed E-state index contributed by atoms with van der Waals surface area (Å²) in [6.45, 7) is 5.68. The molecule has 30 heavy (non-hydrogen) atoms. The first-order valence-electron chi connectivity index (χ1n) is 10.5. The van der Waals surface area contributed by atoms with E-state index < -0.39 is 0 Å². The van der Waals surface area contributed by atoms with E-state index in [0.29, 0.717) is 0 Å². The second-order valence-corrected chi connectivity index (χ2v) is 7.94. The lowest BCUT2D eigenvalue weighted by molar-refractivity contribution is 0.633. The van der Waals surface area contributed by atoms with Crippen molar-refractivity contribution >= 4 is 28.0 Å². The molecule has 146 valence electrons. The molecule has 2 aromatic carbocycles. The summed E-state index contributed by atoms with van der Waals surface area (Å²) >= 11 is 0. The fourth-order valence-electron chi connectivity index (χ4n) is 4.75. The third kappa shape index (κ3) is 2.61. The molecule has 0 unspecified atom stereocenters. The molecule has 4 heterocycles. The monoisotopic (exact) mass is 390 g/mol. The van der Waals surface area contributed by atoms with Gasteiger partial charge in [0, 0.05) is 23.6 Å². The third-order valence-electron chi connectivity index (χ3n) is 6.09. The predicted molar refractivity (Wildman–Crippen MR) is 122 cm³/mol. The summed E-state index contributed by atoms with van der Waals surface area (Å²) in [7, 11) is 0. The van der Waals surface area contributed by atoms with E-state index in [9.17, 15) is 0 Å². The van der Waals surface area contributed by atoms with Crippen molar-refractivity contribution in [3.63, 3.8) is 0 Å². The standard InChI is InChI=1S/C26H22N4/c1-2-18-14-20-9-7-13-29-25(20)22(15-18)28-26(29)24-16-19-8-3-4-11-23(19)30(24)17-21-10-5-6-12-27-21/h2-6,8,10-12,14-16H,1,7,9,13,17H2. The summed E-state index contributed by atoms with van der Waals surface area (Å²) in [5, 5.41) is 1.23. The highest BCUT2D eigenvalue weighted by Gasteiger charge is 2.22. The molecular formula is C26H22N4. The van der Waals surface area contributed by atoms with Crippen LogP contribution in [-0.4, -0.2) is 19.1 Å². The van der Waals surface area contributed by atoms with Crippen LogP contribution in [0.2, 0.25) is 0 Å². The Bertz CT molecular complexity index is 1410. The Morgan fingerprint density at radius 1 is 1.03 bits per heavy atom. The fraction of sp³-hybridized carbons (Fsp3) is 0.154. The van der Waals surface area contributed by atoms with Crippen LogP contribution >= 0.6 is 0 Å². The van der Waals surface area contributed by atoms with Gasteiger partial charge in [-0.05, 0) is 60.4 Å². The van der Waals surface area contributed by atoms with E-state index in [0.717, 1.165) is 54.2 Å². The number of para-hydroxylation sites is 1. The van der Waals surface area contributed by atoms with Crippen molar-refractivity contribution in [2.75, 3.05) is 0 Å². The average molecular weight is 390 g/mol. The zero-order valence-electron chi connectivity index (χ0n) is 16.8. The molecule has 0 amide bonds. The number of pyridine rings is 1. The number of rotatable bonds is 4. The van der Waals surface area contributed by atoms with Gasteiger partial charge in [0.05, 0.1) is 29.0 Å². The molecule has 0 saturated carbocycles. The van der Waals surface area contributed by atoms with Crippen molar-refractivity contribution in [2.45, 2.75) is 25.9 Å². The van der Waals surface area contributed by atoms with E-state index in [-0.39, 0.29) is 0 Å². The number of nitrogens with zero attached hydrogens (tertiary/aromatic N) is 4. The molecule has 0 atom stereocenters. The quantitative estimate of drug-likeness (QED) is 0.395. The Kier molecular flexibility index (Phi) is 3.85. The first kappa shape index (κ1) is 17.2. The number of hydrogen-bond acceptors (Lipinski definition) is 2. The predicted octanol–water partition coefficient (Wildman–Crippen LogP) is 5.69. The highest BCUT2D eigenvalue weighted by atomic mass is 15.1. The van der Waals surface area contributed by atoms with Gasteiger partial charge in [-0.15, -0.1) is 0 Å². The van der Waals surface area contributed by atoms with Gasteiger partial charge < -0.3 is 9.13 Å². The van der Waals surface area contributed by atoms with Gasteiger partial charge in [-0.3, -0.25) is 4.98 Å². The number of aryl methyl sites for hydroxylation is 2. The van der Waals surface area contributed by atoms with Crippen LogP contribution in [0.4, 0.5) is 0 Å². The summed E-state index contributed by atoms with van der Waals surface area (Å²) in [4.78, 5) is 9.70. The van der Waals surface area contributed by atoms with Crippen molar-refractivity contribution in [3.8, 4) is 11.5 Å². The van der Waals surface area contributed by atoms with Crippen LogP contribution in [0.15, 0.2) is 73.4 Å². The molecule has 5 aromatic rings. The minimum atomic E-state index is 0.720. The summed E-state index contributed by atoms with van der Waals surface area (Å²) < 4.78 is 4.76. The molecule has 0 spiro atoms. The van der Waals surface area contributed by atoms with Gasteiger partial charge in [0.1, 0.15) is 0 Å². The minimum absolute atomic E-state index is 0.720. The number of hydrogen-bond donors (Lipinski definition) is 0. The van der Waals surface area contributed by atoms with Crippen molar-refractivity contribution in [1.29, 1.82) is 0 Å². The van der Waals surface area contributed by atoms with Crippen LogP contribution < -0.4 is 0 Å². The lowest BCUT2D eigenvalue weighted by Gasteiger charge is -2.18.